The van der Waals surface area contributed by atoms with Crippen molar-refractivity contribution in [3.63, 3.8) is 0 Å². The molecule has 0 bridgehead atoms. The Morgan fingerprint density at radius 3 is 2.95 bits per heavy atom. The minimum Gasteiger partial charge on any atom is -0.497 e. The fourth-order valence-corrected chi connectivity index (χ4v) is 3.82. The minimum atomic E-state index is 0.333. The van der Waals surface area contributed by atoms with Crippen molar-refractivity contribution in [2.75, 3.05) is 33.3 Å². The third-order valence-corrected chi connectivity index (χ3v) is 4.89. The maximum absolute atomic E-state index is 5.41. The summed E-state index contributed by atoms with van der Waals surface area (Å²) in [6.07, 6.45) is 1.20. The predicted octanol–water partition coefficient (Wildman–Crippen LogP) is 3.14. The van der Waals surface area contributed by atoms with Crippen LogP contribution in [0.25, 0.3) is 0 Å². The summed E-state index contributed by atoms with van der Waals surface area (Å²) in [4.78, 5) is 3.99. The lowest BCUT2D eigenvalue weighted by Crippen LogP contribution is -2.32. The maximum atomic E-state index is 5.41. The molecular weight excluding hydrogens is 280 g/mol. The first-order valence-electron chi connectivity index (χ1n) is 7.50. The van der Waals surface area contributed by atoms with Crippen LogP contribution < -0.4 is 10.1 Å². The van der Waals surface area contributed by atoms with Crippen molar-refractivity contribution in [1.82, 2.24) is 10.2 Å². The highest BCUT2D eigenvalue weighted by Crippen LogP contribution is 2.33. The van der Waals surface area contributed by atoms with Gasteiger partial charge in [-0.05, 0) is 42.1 Å². The second-order valence-corrected chi connectivity index (χ2v) is 6.31. The highest BCUT2D eigenvalue weighted by Gasteiger charge is 2.24. The average molecular weight is 302 g/mol. The molecular formula is C17H22N2OS. The first kappa shape index (κ1) is 14.6. The Kier molecular flexibility index (Phi) is 4.91. The Labute approximate surface area is 130 Å². The molecule has 1 saturated heterocycles. The molecule has 21 heavy (non-hydrogen) atoms. The molecule has 3 rings (SSSR count). The lowest BCUT2D eigenvalue weighted by molar-refractivity contribution is 0.243. The number of hydrogen-bond donors (Lipinski definition) is 1. The zero-order valence-electron chi connectivity index (χ0n) is 12.4. The normalized spacial score (nSPS) is 18.1. The molecule has 3 nitrogen and oxygen atoms in total. The van der Waals surface area contributed by atoms with E-state index in [1.54, 1.807) is 7.11 Å². The van der Waals surface area contributed by atoms with E-state index in [-0.39, 0.29) is 0 Å². The molecule has 0 saturated carbocycles. The van der Waals surface area contributed by atoms with Gasteiger partial charge in [0.2, 0.25) is 0 Å². The third-order valence-electron chi connectivity index (χ3n) is 3.96. The van der Waals surface area contributed by atoms with E-state index in [1.807, 2.05) is 17.4 Å². The van der Waals surface area contributed by atoms with E-state index >= 15 is 0 Å². The van der Waals surface area contributed by atoms with Gasteiger partial charge in [-0.2, -0.15) is 0 Å². The summed E-state index contributed by atoms with van der Waals surface area (Å²) in [6.45, 7) is 4.39. The van der Waals surface area contributed by atoms with Gasteiger partial charge >= 0.3 is 0 Å². The Hall–Kier alpha value is -1.36. The van der Waals surface area contributed by atoms with Gasteiger partial charge in [0, 0.05) is 24.5 Å². The van der Waals surface area contributed by atoms with Crippen LogP contribution in [0.3, 0.4) is 0 Å². The van der Waals surface area contributed by atoms with Crippen LogP contribution >= 0.6 is 11.3 Å². The molecule has 1 N–H and O–H groups in total. The Morgan fingerprint density at radius 2 is 2.14 bits per heavy atom. The van der Waals surface area contributed by atoms with E-state index in [0.717, 1.165) is 31.9 Å². The highest BCUT2D eigenvalue weighted by molar-refractivity contribution is 7.10. The zero-order valence-corrected chi connectivity index (χ0v) is 13.2. The van der Waals surface area contributed by atoms with Gasteiger partial charge in [-0.25, -0.2) is 0 Å². The van der Waals surface area contributed by atoms with E-state index in [4.69, 9.17) is 4.74 Å². The number of methoxy groups -OCH3 is 1. The molecule has 2 heterocycles. The van der Waals surface area contributed by atoms with E-state index in [0.29, 0.717) is 6.04 Å². The van der Waals surface area contributed by atoms with Crippen molar-refractivity contribution in [2.24, 2.45) is 0 Å². The lowest BCUT2D eigenvalue weighted by atomic mass is 10.0. The predicted molar refractivity (Wildman–Crippen MR) is 88.2 cm³/mol. The van der Waals surface area contributed by atoms with E-state index in [2.05, 4.69) is 45.9 Å². The van der Waals surface area contributed by atoms with Gasteiger partial charge in [-0.3, -0.25) is 4.90 Å². The molecule has 1 aliphatic heterocycles. The summed E-state index contributed by atoms with van der Waals surface area (Å²) < 4.78 is 5.41. The van der Waals surface area contributed by atoms with Crippen LogP contribution in [0.1, 0.15) is 22.9 Å². The number of benzene rings is 1. The number of ether oxygens (including phenoxy) is 1. The molecule has 1 atom stereocenters. The molecule has 1 fully saturated rings. The van der Waals surface area contributed by atoms with Crippen molar-refractivity contribution in [3.8, 4) is 5.75 Å². The monoisotopic (exact) mass is 302 g/mol. The first-order valence-corrected chi connectivity index (χ1v) is 8.38. The Balaban J connectivity index is 1.95. The van der Waals surface area contributed by atoms with Crippen LogP contribution in [0.2, 0.25) is 0 Å². The molecule has 0 aliphatic carbocycles. The second-order valence-electron chi connectivity index (χ2n) is 5.33. The molecule has 0 amide bonds. The van der Waals surface area contributed by atoms with Crippen LogP contribution in [0.15, 0.2) is 41.8 Å². The van der Waals surface area contributed by atoms with Gasteiger partial charge in [-0.15, -0.1) is 11.3 Å². The Bertz CT molecular complexity index is 548. The smallest absolute Gasteiger partial charge is 0.119 e. The van der Waals surface area contributed by atoms with Gasteiger partial charge in [0.1, 0.15) is 5.75 Å². The SMILES string of the molecule is COc1cccc(C(c2cccs2)N2CCCNCC2)c1. The van der Waals surface area contributed by atoms with Gasteiger partial charge < -0.3 is 10.1 Å². The van der Waals surface area contributed by atoms with Crippen molar-refractivity contribution in [3.05, 3.63) is 52.2 Å². The number of nitrogens with zero attached hydrogens (tertiary/aromatic N) is 1. The largest absolute Gasteiger partial charge is 0.497 e. The first-order chi connectivity index (χ1) is 10.4. The van der Waals surface area contributed by atoms with Gasteiger partial charge in [-0.1, -0.05) is 18.2 Å². The second kappa shape index (κ2) is 7.07. The number of nitrogens with one attached hydrogen (secondary N) is 1. The standard InChI is InChI=1S/C17H22N2OS/c1-20-15-6-2-5-14(13-15)17(16-7-3-12-21-16)19-10-4-8-18-9-11-19/h2-3,5-7,12-13,17-18H,4,8-11H2,1H3. The van der Waals surface area contributed by atoms with Crippen LogP contribution in [-0.2, 0) is 0 Å². The summed E-state index contributed by atoms with van der Waals surface area (Å²) in [5, 5.41) is 5.65. The zero-order chi connectivity index (χ0) is 14.5. The minimum absolute atomic E-state index is 0.333. The molecule has 4 heteroatoms. The van der Waals surface area contributed by atoms with Crippen molar-refractivity contribution in [1.29, 1.82) is 0 Å². The molecule has 112 valence electrons. The van der Waals surface area contributed by atoms with E-state index < -0.39 is 0 Å². The van der Waals surface area contributed by atoms with Gasteiger partial charge in [0.15, 0.2) is 0 Å². The summed E-state index contributed by atoms with van der Waals surface area (Å²) in [5.41, 5.74) is 1.32. The molecule has 1 aromatic heterocycles. The summed E-state index contributed by atoms with van der Waals surface area (Å²) in [6, 6.07) is 13.2. The van der Waals surface area contributed by atoms with Crippen molar-refractivity contribution in [2.45, 2.75) is 12.5 Å². The fraction of sp³-hybridized carbons (Fsp3) is 0.412. The summed E-state index contributed by atoms with van der Waals surface area (Å²) in [7, 11) is 1.73. The summed E-state index contributed by atoms with van der Waals surface area (Å²) in [5.74, 6) is 0.932. The molecule has 2 aromatic rings. The topological polar surface area (TPSA) is 24.5 Å². The number of rotatable bonds is 4. The Morgan fingerprint density at radius 1 is 1.19 bits per heavy atom. The number of hydrogen-bond acceptors (Lipinski definition) is 4. The average Bonchev–Trinajstić information content (AvgIpc) is 2.91. The van der Waals surface area contributed by atoms with E-state index in [9.17, 15) is 0 Å². The molecule has 1 aliphatic rings. The van der Waals surface area contributed by atoms with Crippen molar-refractivity contribution < 1.29 is 4.74 Å². The maximum Gasteiger partial charge on any atom is 0.119 e. The van der Waals surface area contributed by atoms with Crippen LogP contribution in [-0.4, -0.2) is 38.2 Å². The molecule has 0 radical (unpaired) electrons. The quantitative estimate of drug-likeness (QED) is 0.939. The third kappa shape index (κ3) is 3.46. The van der Waals surface area contributed by atoms with Crippen LogP contribution in [0.4, 0.5) is 0 Å². The molecule has 0 spiro atoms. The van der Waals surface area contributed by atoms with Crippen LogP contribution in [0, 0.1) is 0 Å². The van der Waals surface area contributed by atoms with Crippen molar-refractivity contribution >= 4 is 11.3 Å². The summed E-state index contributed by atoms with van der Waals surface area (Å²) >= 11 is 1.84. The number of thiophene rings is 1. The lowest BCUT2D eigenvalue weighted by Gasteiger charge is -2.30. The van der Waals surface area contributed by atoms with E-state index in [1.165, 1.54) is 16.9 Å². The molecule has 1 aromatic carbocycles. The fourth-order valence-electron chi connectivity index (χ4n) is 2.94. The molecule has 1 unspecified atom stereocenters. The highest BCUT2D eigenvalue weighted by atomic mass is 32.1. The van der Waals surface area contributed by atoms with Gasteiger partial charge in [0.25, 0.3) is 0 Å². The van der Waals surface area contributed by atoms with Gasteiger partial charge in [0.05, 0.1) is 13.2 Å². The van der Waals surface area contributed by atoms with Crippen LogP contribution in [0.5, 0.6) is 5.75 Å².